The van der Waals surface area contributed by atoms with Crippen molar-refractivity contribution in [2.24, 2.45) is 5.41 Å². The average molecular weight is 242 g/mol. The third-order valence-electron chi connectivity index (χ3n) is 3.85. The number of rotatable bonds is 2. The van der Waals surface area contributed by atoms with Crippen LogP contribution >= 0.6 is 0 Å². The highest BCUT2D eigenvalue weighted by Crippen LogP contribution is 2.42. The second kappa shape index (κ2) is 4.45. The summed E-state index contributed by atoms with van der Waals surface area (Å²) in [6, 6.07) is 8.20. The van der Waals surface area contributed by atoms with E-state index in [1.165, 1.54) is 5.56 Å². The van der Waals surface area contributed by atoms with Crippen LogP contribution in [0.1, 0.15) is 30.4 Å². The maximum Gasteiger partial charge on any atom is 0.247 e. The van der Waals surface area contributed by atoms with Crippen molar-refractivity contribution >= 4 is 11.6 Å². The van der Waals surface area contributed by atoms with Gasteiger partial charge in [-0.3, -0.25) is 4.79 Å². The Kier molecular flexibility index (Phi) is 3.13. The molecule has 18 heavy (non-hydrogen) atoms. The van der Waals surface area contributed by atoms with Gasteiger partial charge in [0.2, 0.25) is 5.91 Å². The first kappa shape index (κ1) is 12.6. The van der Waals surface area contributed by atoms with Crippen molar-refractivity contribution in [3.8, 4) is 6.07 Å². The summed E-state index contributed by atoms with van der Waals surface area (Å²) in [7, 11) is 1.76. The van der Waals surface area contributed by atoms with Crippen LogP contribution in [0.3, 0.4) is 0 Å². The van der Waals surface area contributed by atoms with Crippen LogP contribution in [0.4, 0.5) is 5.69 Å². The van der Waals surface area contributed by atoms with Gasteiger partial charge in [0.25, 0.3) is 0 Å². The third kappa shape index (κ3) is 1.88. The number of nitriles is 1. The van der Waals surface area contributed by atoms with Crippen LogP contribution in [0.15, 0.2) is 18.2 Å². The minimum atomic E-state index is -0.772. The number of hydrogen-bond acceptors (Lipinski definition) is 2. The van der Waals surface area contributed by atoms with E-state index in [0.29, 0.717) is 12.8 Å². The summed E-state index contributed by atoms with van der Waals surface area (Å²) in [5.41, 5.74) is 2.37. The van der Waals surface area contributed by atoms with Gasteiger partial charge in [0.15, 0.2) is 0 Å². The predicted molar refractivity (Wildman–Crippen MR) is 71.2 cm³/mol. The minimum absolute atomic E-state index is 0.0665. The van der Waals surface area contributed by atoms with Crippen molar-refractivity contribution in [2.45, 2.75) is 33.1 Å². The number of aryl methyl sites for hydroxylation is 2. The summed E-state index contributed by atoms with van der Waals surface area (Å²) in [4.78, 5) is 14.1. The molecule has 0 N–H and O–H groups in total. The Hall–Kier alpha value is -1.82. The van der Waals surface area contributed by atoms with Gasteiger partial charge < -0.3 is 4.90 Å². The van der Waals surface area contributed by atoms with E-state index in [-0.39, 0.29) is 5.91 Å². The molecule has 1 aliphatic carbocycles. The molecular formula is C15H18N2O. The maximum atomic E-state index is 12.4. The molecule has 2 rings (SSSR count). The molecule has 1 aromatic carbocycles. The lowest BCUT2D eigenvalue weighted by Gasteiger charge is -2.37. The molecule has 0 spiro atoms. The quantitative estimate of drug-likeness (QED) is 0.800. The number of anilines is 1. The minimum Gasteiger partial charge on any atom is -0.314 e. The van der Waals surface area contributed by atoms with Crippen molar-refractivity contribution in [3.05, 3.63) is 29.3 Å². The fraction of sp³-hybridized carbons (Fsp3) is 0.467. The first-order valence-corrected chi connectivity index (χ1v) is 6.27. The second-order valence-electron chi connectivity index (χ2n) is 5.20. The van der Waals surface area contributed by atoms with Crippen molar-refractivity contribution in [1.29, 1.82) is 5.26 Å². The summed E-state index contributed by atoms with van der Waals surface area (Å²) in [5, 5.41) is 9.22. The predicted octanol–water partition coefficient (Wildman–Crippen LogP) is 2.96. The second-order valence-corrected chi connectivity index (χ2v) is 5.20. The first-order chi connectivity index (χ1) is 8.50. The first-order valence-electron chi connectivity index (χ1n) is 6.27. The molecule has 0 unspecified atom stereocenters. The van der Waals surface area contributed by atoms with E-state index in [0.717, 1.165) is 17.7 Å². The number of carbonyl (C=O) groups excluding carboxylic acids is 1. The van der Waals surface area contributed by atoms with Gasteiger partial charge in [0.05, 0.1) is 6.07 Å². The summed E-state index contributed by atoms with van der Waals surface area (Å²) in [5.74, 6) is -0.0665. The molecule has 1 aliphatic rings. The lowest BCUT2D eigenvalue weighted by atomic mass is 9.69. The molecule has 94 valence electrons. The molecule has 1 aromatic rings. The van der Waals surface area contributed by atoms with Crippen molar-refractivity contribution in [1.82, 2.24) is 0 Å². The summed E-state index contributed by atoms with van der Waals surface area (Å²) < 4.78 is 0. The van der Waals surface area contributed by atoms with Gasteiger partial charge in [0, 0.05) is 12.7 Å². The Morgan fingerprint density at radius 2 is 2.06 bits per heavy atom. The Bertz CT molecular complexity index is 524. The molecule has 3 nitrogen and oxygen atoms in total. The van der Waals surface area contributed by atoms with Crippen molar-refractivity contribution < 1.29 is 4.79 Å². The Balaban J connectivity index is 2.29. The van der Waals surface area contributed by atoms with Crippen LogP contribution in [-0.4, -0.2) is 13.0 Å². The number of nitrogens with zero attached hydrogens (tertiary/aromatic N) is 2. The highest BCUT2D eigenvalue weighted by molar-refractivity contribution is 6.00. The molecule has 1 amide bonds. The van der Waals surface area contributed by atoms with Gasteiger partial charge in [-0.15, -0.1) is 0 Å². The van der Waals surface area contributed by atoms with E-state index in [2.05, 4.69) is 12.1 Å². The van der Waals surface area contributed by atoms with Crippen LogP contribution in [0.5, 0.6) is 0 Å². The van der Waals surface area contributed by atoms with Gasteiger partial charge in [0.1, 0.15) is 5.41 Å². The number of benzene rings is 1. The summed E-state index contributed by atoms with van der Waals surface area (Å²) in [6.07, 6.45) is 2.36. The van der Waals surface area contributed by atoms with Gasteiger partial charge >= 0.3 is 0 Å². The van der Waals surface area contributed by atoms with Gasteiger partial charge in [-0.05, 0) is 44.7 Å². The fourth-order valence-corrected chi connectivity index (χ4v) is 2.52. The molecule has 0 radical (unpaired) electrons. The Labute approximate surface area is 108 Å². The van der Waals surface area contributed by atoms with E-state index in [1.807, 2.05) is 26.0 Å². The lowest BCUT2D eigenvalue weighted by molar-refractivity contribution is -0.128. The maximum absolute atomic E-state index is 12.4. The highest BCUT2D eigenvalue weighted by atomic mass is 16.2. The number of amides is 1. The zero-order chi connectivity index (χ0) is 13.3. The van der Waals surface area contributed by atoms with Gasteiger partial charge in [-0.25, -0.2) is 0 Å². The monoisotopic (exact) mass is 242 g/mol. The molecule has 0 heterocycles. The average Bonchev–Trinajstić information content (AvgIpc) is 2.27. The highest BCUT2D eigenvalue weighted by Gasteiger charge is 2.46. The molecule has 0 bridgehead atoms. The van der Waals surface area contributed by atoms with Gasteiger partial charge in [-0.1, -0.05) is 17.7 Å². The van der Waals surface area contributed by atoms with Gasteiger partial charge in [-0.2, -0.15) is 5.26 Å². The largest absolute Gasteiger partial charge is 0.314 e. The zero-order valence-corrected chi connectivity index (χ0v) is 11.2. The van der Waals surface area contributed by atoms with E-state index in [1.54, 1.807) is 11.9 Å². The van der Waals surface area contributed by atoms with Crippen LogP contribution in [-0.2, 0) is 4.79 Å². The van der Waals surface area contributed by atoms with Crippen molar-refractivity contribution in [2.75, 3.05) is 11.9 Å². The van der Waals surface area contributed by atoms with E-state index in [9.17, 15) is 10.1 Å². The lowest BCUT2D eigenvalue weighted by Crippen LogP contribution is -2.45. The molecule has 1 saturated carbocycles. The SMILES string of the molecule is Cc1ccc(N(C)C(=O)C2(C#N)CCC2)c(C)c1. The summed E-state index contributed by atoms with van der Waals surface area (Å²) >= 11 is 0. The summed E-state index contributed by atoms with van der Waals surface area (Å²) in [6.45, 7) is 4.02. The topological polar surface area (TPSA) is 44.1 Å². The molecule has 0 saturated heterocycles. The molecule has 0 aromatic heterocycles. The van der Waals surface area contributed by atoms with Crippen LogP contribution in [0.25, 0.3) is 0 Å². The van der Waals surface area contributed by atoms with Crippen LogP contribution in [0, 0.1) is 30.6 Å². The number of carbonyl (C=O) groups is 1. The normalized spacial score (nSPS) is 16.6. The van der Waals surface area contributed by atoms with Crippen LogP contribution in [0.2, 0.25) is 0 Å². The fourth-order valence-electron chi connectivity index (χ4n) is 2.52. The molecule has 1 fully saturated rings. The zero-order valence-electron chi connectivity index (χ0n) is 11.2. The standard InChI is InChI=1S/C15H18N2O/c1-11-5-6-13(12(2)9-11)17(3)14(18)15(10-16)7-4-8-15/h5-6,9H,4,7-8H2,1-3H3. The molecular weight excluding hydrogens is 224 g/mol. The number of hydrogen-bond donors (Lipinski definition) is 0. The molecule has 0 atom stereocenters. The van der Waals surface area contributed by atoms with E-state index in [4.69, 9.17) is 0 Å². The Morgan fingerprint density at radius 1 is 1.39 bits per heavy atom. The van der Waals surface area contributed by atoms with Crippen molar-refractivity contribution in [3.63, 3.8) is 0 Å². The molecule has 3 heteroatoms. The van der Waals surface area contributed by atoms with E-state index < -0.39 is 5.41 Å². The van der Waals surface area contributed by atoms with E-state index >= 15 is 0 Å². The molecule has 0 aliphatic heterocycles. The Morgan fingerprint density at radius 3 is 2.50 bits per heavy atom. The third-order valence-corrected chi connectivity index (χ3v) is 3.85. The smallest absolute Gasteiger partial charge is 0.247 e. The van der Waals surface area contributed by atoms with Crippen LogP contribution < -0.4 is 4.90 Å².